The molecular formula is C8H7ClF2N2S. The highest BCUT2D eigenvalue weighted by Crippen LogP contribution is 2.32. The van der Waals surface area contributed by atoms with Crippen LogP contribution in [0.4, 0.5) is 14.5 Å². The van der Waals surface area contributed by atoms with Crippen molar-refractivity contribution in [3.63, 3.8) is 0 Å². The third kappa shape index (κ3) is 1.78. The number of fused-ring (bicyclic) bond motifs is 1. The van der Waals surface area contributed by atoms with Crippen LogP contribution in [0.5, 0.6) is 0 Å². The largest absolute Gasteiger partial charge is 0.398 e. The molecule has 1 heterocycles. The zero-order valence-electron chi connectivity index (χ0n) is 6.91. The lowest BCUT2D eigenvalue weighted by atomic mass is 10.3. The number of thiazole rings is 1. The molecule has 1 aromatic heterocycles. The Morgan fingerprint density at radius 3 is 2.64 bits per heavy atom. The van der Waals surface area contributed by atoms with E-state index >= 15 is 0 Å². The highest BCUT2D eigenvalue weighted by Gasteiger charge is 2.13. The maximum atomic E-state index is 12.2. The normalized spacial score (nSPS) is 10.5. The summed E-state index contributed by atoms with van der Waals surface area (Å²) in [7, 11) is 0. The highest BCUT2D eigenvalue weighted by atomic mass is 35.5. The molecule has 2 rings (SSSR count). The molecule has 2 nitrogen and oxygen atoms in total. The Hall–Kier alpha value is -0.940. The van der Waals surface area contributed by atoms with E-state index in [1.807, 2.05) is 0 Å². The lowest BCUT2D eigenvalue weighted by Crippen LogP contribution is -1.82. The van der Waals surface area contributed by atoms with Gasteiger partial charge in [0.2, 0.25) is 0 Å². The van der Waals surface area contributed by atoms with Crippen molar-refractivity contribution in [3.8, 4) is 0 Å². The van der Waals surface area contributed by atoms with Crippen LogP contribution in [0.2, 0.25) is 0 Å². The van der Waals surface area contributed by atoms with Crippen molar-refractivity contribution in [2.75, 3.05) is 5.73 Å². The fraction of sp³-hybridized carbons (Fsp3) is 0.125. The van der Waals surface area contributed by atoms with Gasteiger partial charge in [-0.05, 0) is 12.1 Å². The minimum absolute atomic E-state index is 0. The van der Waals surface area contributed by atoms with Crippen molar-refractivity contribution in [1.82, 2.24) is 4.98 Å². The van der Waals surface area contributed by atoms with Gasteiger partial charge in [0, 0.05) is 0 Å². The summed E-state index contributed by atoms with van der Waals surface area (Å²) in [6.45, 7) is 0. The number of halogens is 3. The van der Waals surface area contributed by atoms with Crippen LogP contribution in [-0.2, 0) is 0 Å². The molecule has 0 atom stereocenters. The third-order valence-corrected chi connectivity index (χ3v) is 2.78. The molecule has 0 aliphatic carbocycles. The van der Waals surface area contributed by atoms with Crippen molar-refractivity contribution < 1.29 is 8.78 Å². The Labute approximate surface area is 89.2 Å². The molecule has 0 bridgehead atoms. The van der Waals surface area contributed by atoms with Crippen molar-refractivity contribution in [2.24, 2.45) is 0 Å². The van der Waals surface area contributed by atoms with E-state index < -0.39 is 6.43 Å². The van der Waals surface area contributed by atoms with Crippen LogP contribution in [0.1, 0.15) is 11.4 Å². The summed E-state index contributed by atoms with van der Waals surface area (Å²) in [4.78, 5) is 3.76. The average molecular weight is 237 g/mol. The van der Waals surface area contributed by atoms with E-state index in [-0.39, 0.29) is 17.4 Å². The second-order valence-corrected chi connectivity index (χ2v) is 3.58. The van der Waals surface area contributed by atoms with E-state index in [0.717, 1.165) is 11.3 Å². The fourth-order valence-corrected chi connectivity index (χ4v) is 1.93. The molecule has 2 aromatic rings. The molecule has 14 heavy (non-hydrogen) atoms. The average Bonchev–Trinajstić information content (AvgIpc) is 2.49. The van der Waals surface area contributed by atoms with E-state index in [4.69, 9.17) is 5.73 Å². The molecule has 0 unspecified atom stereocenters. The Morgan fingerprint density at radius 1 is 1.36 bits per heavy atom. The topological polar surface area (TPSA) is 38.9 Å². The van der Waals surface area contributed by atoms with Crippen LogP contribution in [0.15, 0.2) is 18.2 Å². The first-order valence-electron chi connectivity index (χ1n) is 3.61. The molecule has 0 saturated carbocycles. The van der Waals surface area contributed by atoms with E-state index in [2.05, 4.69) is 4.98 Å². The molecule has 76 valence electrons. The molecule has 0 saturated heterocycles. The van der Waals surface area contributed by atoms with E-state index in [9.17, 15) is 8.78 Å². The number of hydrogen-bond donors (Lipinski definition) is 1. The van der Waals surface area contributed by atoms with Gasteiger partial charge in [-0.1, -0.05) is 6.07 Å². The van der Waals surface area contributed by atoms with Gasteiger partial charge >= 0.3 is 0 Å². The maximum Gasteiger partial charge on any atom is 0.289 e. The molecule has 1 aromatic carbocycles. The number of alkyl halides is 2. The summed E-state index contributed by atoms with van der Waals surface area (Å²) < 4.78 is 25.1. The quantitative estimate of drug-likeness (QED) is 0.772. The second kappa shape index (κ2) is 4.06. The molecule has 2 N–H and O–H groups in total. The lowest BCUT2D eigenvalue weighted by molar-refractivity contribution is 0.151. The number of nitrogens with zero attached hydrogens (tertiary/aromatic N) is 1. The van der Waals surface area contributed by atoms with Crippen LogP contribution >= 0.6 is 23.7 Å². The predicted molar refractivity (Wildman–Crippen MR) is 56.2 cm³/mol. The Bertz CT molecular complexity index is 444. The second-order valence-electron chi connectivity index (χ2n) is 2.55. The molecule has 0 radical (unpaired) electrons. The van der Waals surface area contributed by atoms with Gasteiger partial charge in [-0.3, -0.25) is 0 Å². The number of nitrogens with two attached hydrogens (primary N) is 1. The van der Waals surface area contributed by atoms with Crippen molar-refractivity contribution in [2.45, 2.75) is 6.43 Å². The number of benzene rings is 1. The van der Waals surface area contributed by atoms with E-state index in [1.54, 1.807) is 18.2 Å². The minimum Gasteiger partial charge on any atom is -0.398 e. The number of anilines is 1. The van der Waals surface area contributed by atoms with Crippen LogP contribution in [0, 0.1) is 0 Å². The Morgan fingerprint density at radius 2 is 2.07 bits per heavy atom. The van der Waals surface area contributed by atoms with Crippen molar-refractivity contribution in [3.05, 3.63) is 23.2 Å². The molecule has 0 spiro atoms. The Kier molecular flexibility index (Phi) is 3.23. The number of hydrogen-bond acceptors (Lipinski definition) is 3. The summed E-state index contributed by atoms with van der Waals surface area (Å²) in [5.41, 5.74) is 6.64. The van der Waals surface area contributed by atoms with Gasteiger partial charge in [0.1, 0.15) is 0 Å². The number of rotatable bonds is 1. The summed E-state index contributed by atoms with van der Waals surface area (Å²) in [5.74, 6) is 0. The van der Waals surface area contributed by atoms with Crippen LogP contribution < -0.4 is 5.73 Å². The van der Waals surface area contributed by atoms with Gasteiger partial charge in [-0.2, -0.15) is 0 Å². The van der Waals surface area contributed by atoms with Crippen molar-refractivity contribution >= 4 is 39.6 Å². The Balaban J connectivity index is 0.000000980. The number of nitrogen functional groups attached to an aromatic ring is 1. The van der Waals surface area contributed by atoms with Crippen LogP contribution in [0.3, 0.4) is 0 Å². The van der Waals surface area contributed by atoms with Crippen molar-refractivity contribution in [1.29, 1.82) is 0 Å². The fourth-order valence-electron chi connectivity index (χ4n) is 1.08. The summed E-state index contributed by atoms with van der Waals surface area (Å²) in [6.07, 6.45) is -2.52. The first kappa shape index (κ1) is 11.1. The maximum absolute atomic E-state index is 12.2. The number of aromatic nitrogens is 1. The van der Waals surface area contributed by atoms with E-state index in [1.165, 1.54) is 0 Å². The van der Waals surface area contributed by atoms with Gasteiger partial charge in [0.25, 0.3) is 6.43 Å². The molecule has 0 amide bonds. The SMILES string of the molecule is Cl.Nc1cccc2nc(C(F)F)sc12. The monoisotopic (exact) mass is 236 g/mol. The minimum atomic E-state index is -2.52. The van der Waals surface area contributed by atoms with Gasteiger partial charge < -0.3 is 5.73 Å². The smallest absolute Gasteiger partial charge is 0.289 e. The zero-order chi connectivity index (χ0) is 9.42. The molecule has 6 heteroatoms. The zero-order valence-corrected chi connectivity index (χ0v) is 8.54. The molecule has 0 aliphatic rings. The molecular weight excluding hydrogens is 230 g/mol. The summed E-state index contributed by atoms with van der Waals surface area (Å²) in [6, 6.07) is 5.05. The van der Waals surface area contributed by atoms with Gasteiger partial charge in [0.05, 0.1) is 15.9 Å². The lowest BCUT2D eigenvalue weighted by Gasteiger charge is -1.90. The van der Waals surface area contributed by atoms with Gasteiger partial charge in [-0.15, -0.1) is 23.7 Å². The first-order valence-corrected chi connectivity index (χ1v) is 4.43. The predicted octanol–water partition coefficient (Wildman–Crippen LogP) is 3.24. The van der Waals surface area contributed by atoms with E-state index in [0.29, 0.717) is 15.9 Å². The standard InChI is InChI=1S/C8H6F2N2S.ClH/c9-7(10)8-12-5-3-1-2-4(11)6(5)13-8;/h1-3,7H,11H2;1H. The third-order valence-electron chi connectivity index (χ3n) is 1.65. The van der Waals surface area contributed by atoms with Crippen LogP contribution in [0.25, 0.3) is 10.2 Å². The van der Waals surface area contributed by atoms with Crippen LogP contribution in [-0.4, -0.2) is 4.98 Å². The molecule has 0 fully saturated rings. The first-order chi connectivity index (χ1) is 6.18. The van der Waals surface area contributed by atoms with Gasteiger partial charge in [0.15, 0.2) is 5.01 Å². The molecule has 0 aliphatic heterocycles. The summed E-state index contributed by atoms with van der Waals surface area (Å²) in [5, 5.41) is -0.173. The summed E-state index contributed by atoms with van der Waals surface area (Å²) >= 11 is 0.946. The highest BCUT2D eigenvalue weighted by molar-refractivity contribution is 7.19. The van der Waals surface area contributed by atoms with Gasteiger partial charge in [-0.25, -0.2) is 13.8 Å².